The van der Waals surface area contributed by atoms with Gasteiger partial charge in [0.15, 0.2) is 0 Å². The second kappa shape index (κ2) is 5.15. The van der Waals surface area contributed by atoms with Gasteiger partial charge in [-0.05, 0) is 46.6 Å². The highest BCUT2D eigenvalue weighted by Gasteiger charge is 2.25. The maximum Gasteiger partial charge on any atom is 0.115 e. The van der Waals surface area contributed by atoms with Gasteiger partial charge >= 0.3 is 0 Å². The van der Waals surface area contributed by atoms with Crippen molar-refractivity contribution in [3.05, 3.63) is 77.4 Å². The van der Waals surface area contributed by atoms with Gasteiger partial charge in [0.1, 0.15) is 5.75 Å². The van der Waals surface area contributed by atoms with Crippen LogP contribution in [0.1, 0.15) is 22.6 Å². The Morgan fingerprint density at radius 2 is 1.77 bits per heavy atom. The minimum absolute atomic E-state index is 0.353. The highest BCUT2D eigenvalue weighted by atomic mass is 16.3. The summed E-state index contributed by atoms with van der Waals surface area (Å²) in [6.07, 6.45) is 0. The lowest BCUT2D eigenvalue weighted by Crippen LogP contribution is -2.30. The number of likely N-dealkylation sites (N-methyl/N-ethyl adjacent to an activating group) is 1. The highest BCUT2D eigenvalue weighted by molar-refractivity contribution is 5.83. The van der Waals surface area contributed by atoms with Crippen molar-refractivity contribution in [2.75, 3.05) is 13.6 Å². The summed E-state index contributed by atoms with van der Waals surface area (Å²) in [5.41, 5.74) is 3.91. The van der Waals surface area contributed by atoms with Gasteiger partial charge in [-0.1, -0.05) is 48.5 Å². The average Bonchev–Trinajstić information content (AvgIpc) is 2.53. The van der Waals surface area contributed by atoms with Gasteiger partial charge in [0, 0.05) is 19.0 Å². The fraction of sp³-hybridized carbons (Fsp3) is 0.200. The third-order valence-corrected chi connectivity index (χ3v) is 4.61. The molecule has 0 aromatic heterocycles. The van der Waals surface area contributed by atoms with Gasteiger partial charge < -0.3 is 10.0 Å². The summed E-state index contributed by atoms with van der Waals surface area (Å²) in [4.78, 5) is 2.32. The Labute approximate surface area is 130 Å². The van der Waals surface area contributed by atoms with Crippen LogP contribution in [0.3, 0.4) is 0 Å². The SMILES string of the molecule is CN1Cc2cc(O)ccc2C(c2ccc3ccccc3c2)C1. The third-order valence-electron chi connectivity index (χ3n) is 4.61. The largest absolute Gasteiger partial charge is 0.508 e. The standard InChI is InChI=1S/C20H19NO/c1-21-12-17-11-18(22)8-9-19(17)20(13-21)16-7-6-14-4-2-3-5-15(14)10-16/h2-11,20,22H,12-13H2,1H3. The highest BCUT2D eigenvalue weighted by Crippen LogP contribution is 2.35. The van der Waals surface area contributed by atoms with Crippen molar-refractivity contribution in [1.29, 1.82) is 0 Å². The molecule has 3 aromatic rings. The van der Waals surface area contributed by atoms with Crippen molar-refractivity contribution in [3.8, 4) is 5.75 Å². The fourth-order valence-corrected chi connectivity index (χ4v) is 3.54. The topological polar surface area (TPSA) is 23.5 Å². The number of fused-ring (bicyclic) bond motifs is 2. The summed E-state index contributed by atoms with van der Waals surface area (Å²) in [5.74, 6) is 0.713. The normalized spacial score (nSPS) is 18.3. The van der Waals surface area contributed by atoms with Gasteiger partial charge in [-0.2, -0.15) is 0 Å². The second-order valence-electron chi connectivity index (χ2n) is 6.24. The van der Waals surface area contributed by atoms with Crippen LogP contribution in [0.4, 0.5) is 0 Å². The third kappa shape index (κ3) is 2.26. The van der Waals surface area contributed by atoms with E-state index in [-0.39, 0.29) is 0 Å². The first-order valence-corrected chi connectivity index (χ1v) is 7.70. The summed E-state index contributed by atoms with van der Waals surface area (Å²) in [6.45, 7) is 1.91. The zero-order valence-corrected chi connectivity index (χ0v) is 12.7. The molecule has 0 saturated heterocycles. The second-order valence-corrected chi connectivity index (χ2v) is 6.24. The number of hydrogen-bond acceptors (Lipinski definition) is 2. The van der Waals surface area contributed by atoms with E-state index in [9.17, 15) is 5.11 Å². The number of hydrogen-bond donors (Lipinski definition) is 1. The number of aromatic hydroxyl groups is 1. The van der Waals surface area contributed by atoms with Crippen molar-refractivity contribution >= 4 is 10.8 Å². The van der Waals surface area contributed by atoms with E-state index < -0.39 is 0 Å². The molecule has 0 spiro atoms. The first-order chi connectivity index (χ1) is 10.7. The van der Waals surface area contributed by atoms with E-state index in [2.05, 4.69) is 60.5 Å². The first kappa shape index (κ1) is 13.4. The minimum Gasteiger partial charge on any atom is -0.508 e. The summed E-state index contributed by atoms with van der Waals surface area (Å²) in [7, 11) is 2.14. The Balaban J connectivity index is 1.84. The van der Waals surface area contributed by atoms with Crippen molar-refractivity contribution < 1.29 is 5.11 Å². The molecule has 110 valence electrons. The van der Waals surface area contributed by atoms with Crippen LogP contribution in [0.5, 0.6) is 5.75 Å². The zero-order chi connectivity index (χ0) is 15.1. The van der Waals surface area contributed by atoms with E-state index in [4.69, 9.17) is 0 Å². The lowest BCUT2D eigenvalue weighted by atomic mass is 9.84. The van der Waals surface area contributed by atoms with Crippen molar-refractivity contribution in [2.24, 2.45) is 0 Å². The van der Waals surface area contributed by atoms with Crippen molar-refractivity contribution in [1.82, 2.24) is 4.90 Å². The average molecular weight is 289 g/mol. The van der Waals surface area contributed by atoms with Crippen LogP contribution < -0.4 is 0 Å². The van der Waals surface area contributed by atoms with Crippen LogP contribution in [0.25, 0.3) is 10.8 Å². The van der Waals surface area contributed by atoms with Gasteiger partial charge in [0.05, 0.1) is 0 Å². The molecule has 0 fully saturated rings. The van der Waals surface area contributed by atoms with E-state index in [1.807, 2.05) is 6.07 Å². The number of rotatable bonds is 1. The predicted molar refractivity (Wildman–Crippen MR) is 90.2 cm³/mol. The fourth-order valence-electron chi connectivity index (χ4n) is 3.54. The summed E-state index contributed by atoms with van der Waals surface area (Å²) < 4.78 is 0. The van der Waals surface area contributed by atoms with Crippen LogP contribution in [0.15, 0.2) is 60.7 Å². The molecule has 1 N–H and O–H groups in total. The maximum atomic E-state index is 9.75. The molecule has 1 aliphatic rings. The molecule has 2 heteroatoms. The maximum absolute atomic E-state index is 9.75. The lowest BCUT2D eigenvalue weighted by Gasteiger charge is -2.32. The van der Waals surface area contributed by atoms with Crippen molar-refractivity contribution in [3.63, 3.8) is 0 Å². The molecule has 22 heavy (non-hydrogen) atoms. The Morgan fingerprint density at radius 1 is 0.955 bits per heavy atom. The van der Waals surface area contributed by atoms with Crippen LogP contribution in [-0.2, 0) is 6.54 Å². The van der Waals surface area contributed by atoms with Crippen LogP contribution in [0.2, 0.25) is 0 Å². The summed E-state index contributed by atoms with van der Waals surface area (Å²) in [5, 5.41) is 12.3. The molecule has 0 radical (unpaired) electrons. The van der Waals surface area contributed by atoms with Gasteiger partial charge in [0.25, 0.3) is 0 Å². The lowest BCUT2D eigenvalue weighted by molar-refractivity contribution is 0.294. The molecule has 0 bridgehead atoms. The first-order valence-electron chi connectivity index (χ1n) is 7.70. The van der Waals surface area contributed by atoms with E-state index in [1.54, 1.807) is 6.07 Å². The number of benzene rings is 3. The molecule has 3 aromatic carbocycles. The van der Waals surface area contributed by atoms with Crippen molar-refractivity contribution in [2.45, 2.75) is 12.5 Å². The molecule has 0 saturated carbocycles. The molecule has 2 nitrogen and oxygen atoms in total. The van der Waals surface area contributed by atoms with Crippen LogP contribution >= 0.6 is 0 Å². The molecule has 1 atom stereocenters. The summed E-state index contributed by atoms with van der Waals surface area (Å²) >= 11 is 0. The number of nitrogens with zero attached hydrogens (tertiary/aromatic N) is 1. The monoisotopic (exact) mass is 289 g/mol. The smallest absolute Gasteiger partial charge is 0.115 e. The minimum atomic E-state index is 0.353. The molecule has 0 aliphatic carbocycles. The molecular formula is C20H19NO. The van der Waals surface area contributed by atoms with Gasteiger partial charge in [0.2, 0.25) is 0 Å². The van der Waals surface area contributed by atoms with E-state index in [1.165, 1.54) is 27.5 Å². The summed E-state index contributed by atoms with van der Waals surface area (Å²) in [6, 6.07) is 21.0. The Kier molecular flexibility index (Phi) is 3.12. The predicted octanol–water partition coefficient (Wildman–Crippen LogP) is 4.12. The molecular weight excluding hydrogens is 270 g/mol. The number of phenolic OH excluding ortho intramolecular Hbond substituents is 1. The van der Waals surface area contributed by atoms with E-state index in [0.29, 0.717) is 11.7 Å². The van der Waals surface area contributed by atoms with Gasteiger partial charge in [-0.3, -0.25) is 0 Å². The van der Waals surface area contributed by atoms with Crippen LogP contribution in [0, 0.1) is 0 Å². The number of phenols is 1. The molecule has 4 rings (SSSR count). The Hall–Kier alpha value is -2.32. The van der Waals surface area contributed by atoms with E-state index >= 15 is 0 Å². The zero-order valence-electron chi connectivity index (χ0n) is 12.7. The molecule has 1 unspecified atom stereocenters. The van der Waals surface area contributed by atoms with Gasteiger partial charge in [-0.15, -0.1) is 0 Å². The van der Waals surface area contributed by atoms with Gasteiger partial charge in [-0.25, -0.2) is 0 Å². The van der Waals surface area contributed by atoms with E-state index in [0.717, 1.165) is 13.1 Å². The molecule has 1 aliphatic heterocycles. The quantitative estimate of drug-likeness (QED) is 0.728. The molecule has 0 amide bonds. The Bertz CT molecular complexity index is 840. The molecule has 1 heterocycles. The Morgan fingerprint density at radius 3 is 2.64 bits per heavy atom. The van der Waals surface area contributed by atoms with Crippen LogP contribution in [-0.4, -0.2) is 23.6 Å².